The number of hydrogen-bond donors (Lipinski definition) is 1. The van der Waals surface area contributed by atoms with E-state index in [0.717, 1.165) is 29.3 Å². The molecule has 3 heteroatoms. The first-order chi connectivity index (χ1) is 6.78. The molecule has 0 amide bonds. The van der Waals surface area contributed by atoms with Gasteiger partial charge in [0.25, 0.3) is 0 Å². The number of nitrogens with two attached hydrogens (primary N) is 1. The van der Waals surface area contributed by atoms with Crippen molar-refractivity contribution in [3.05, 3.63) is 36.3 Å². The number of nitrogens with zero attached hydrogens (tertiary/aromatic N) is 2. The van der Waals surface area contributed by atoms with Crippen LogP contribution in [0.15, 0.2) is 30.7 Å². The molecule has 2 heterocycles. The van der Waals surface area contributed by atoms with Crippen LogP contribution in [0.3, 0.4) is 0 Å². The summed E-state index contributed by atoms with van der Waals surface area (Å²) in [6.07, 6.45) is 7.58. The molecule has 1 fully saturated rings. The van der Waals surface area contributed by atoms with E-state index in [4.69, 9.17) is 5.73 Å². The highest BCUT2D eigenvalue weighted by molar-refractivity contribution is 5.78. The monoisotopic (exact) mass is 185 g/mol. The Hall–Kier alpha value is -1.48. The standard InChI is InChI=1S/C11H11N3/c12-11(2-3-11)9-5-8-1-4-13-7-10(8)14-6-9/h1,4-7H,2-3,12H2. The second-order valence-electron chi connectivity index (χ2n) is 3.95. The zero-order valence-corrected chi connectivity index (χ0v) is 7.77. The fourth-order valence-electron chi connectivity index (χ4n) is 1.67. The van der Waals surface area contributed by atoms with Gasteiger partial charge in [0.2, 0.25) is 0 Å². The fourth-order valence-corrected chi connectivity index (χ4v) is 1.67. The molecular weight excluding hydrogens is 174 g/mol. The van der Waals surface area contributed by atoms with Gasteiger partial charge in [-0.1, -0.05) is 0 Å². The van der Waals surface area contributed by atoms with Crippen LogP contribution in [0.5, 0.6) is 0 Å². The van der Waals surface area contributed by atoms with Crippen molar-refractivity contribution in [2.75, 3.05) is 0 Å². The third kappa shape index (κ3) is 1.09. The molecule has 0 aliphatic heterocycles. The topological polar surface area (TPSA) is 51.8 Å². The molecule has 0 spiro atoms. The number of hydrogen-bond acceptors (Lipinski definition) is 3. The van der Waals surface area contributed by atoms with Crippen molar-refractivity contribution in [2.24, 2.45) is 5.73 Å². The molecule has 0 aromatic carbocycles. The van der Waals surface area contributed by atoms with Crippen LogP contribution in [0.1, 0.15) is 18.4 Å². The van der Waals surface area contributed by atoms with Crippen molar-refractivity contribution in [1.29, 1.82) is 0 Å². The maximum absolute atomic E-state index is 6.10. The van der Waals surface area contributed by atoms with Crippen molar-refractivity contribution in [1.82, 2.24) is 9.97 Å². The zero-order valence-electron chi connectivity index (χ0n) is 7.77. The van der Waals surface area contributed by atoms with Gasteiger partial charge in [-0.2, -0.15) is 0 Å². The summed E-state index contributed by atoms with van der Waals surface area (Å²) < 4.78 is 0. The van der Waals surface area contributed by atoms with Gasteiger partial charge in [-0.3, -0.25) is 9.97 Å². The molecule has 1 saturated carbocycles. The average molecular weight is 185 g/mol. The third-order valence-corrected chi connectivity index (χ3v) is 2.85. The van der Waals surface area contributed by atoms with Gasteiger partial charge in [-0.25, -0.2) is 0 Å². The van der Waals surface area contributed by atoms with Gasteiger partial charge in [0.05, 0.1) is 11.7 Å². The van der Waals surface area contributed by atoms with E-state index in [0.29, 0.717) is 0 Å². The predicted molar refractivity (Wildman–Crippen MR) is 54.6 cm³/mol. The Bertz CT molecular complexity index is 489. The van der Waals surface area contributed by atoms with Crippen LogP contribution >= 0.6 is 0 Å². The van der Waals surface area contributed by atoms with Gasteiger partial charge in [0.1, 0.15) is 0 Å². The summed E-state index contributed by atoms with van der Waals surface area (Å²) in [5.41, 5.74) is 8.09. The number of rotatable bonds is 1. The van der Waals surface area contributed by atoms with E-state index in [1.807, 2.05) is 12.3 Å². The molecule has 2 N–H and O–H groups in total. The summed E-state index contributed by atoms with van der Waals surface area (Å²) in [4.78, 5) is 8.37. The van der Waals surface area contributed by atoms with Crippen LogP contribution in [0.4, 0.5) is 0 Å². The van der Waals surface area contributed by atoms with E-state index in [1.165, 1.54) is 0 Å². The highest BCUT2D eigenvalue weighted by Crippen LogP contribution is 2.42. The maximum Gasteiger partial charge on any atom is 0.0885 e. The molecule has 2 aromatic rings. The van der Waals surface area contributed by atoms with Gasteiger partial charge in [-0.15, -0.1) is 0 Å². The first-order valence-electron chi connectivity index (χ1n) is 4.77. The summed E-state index contributed by atoms with van der Waals surface area (Å²) in [5.74, 6) is 0. The lowest BCUT2D eigenvalue weighted by atomic mass is 10.1. The largest absolute Gasteiger partial charge is 0.321 e. The molecule has 0 bridgehead atoms. The maximum atomic E-state index is 6.10. The summed E-state index contributed by atoms with van der Waals surface area (Å²) >= 11 is 0. The van der Waals surface area contributed by atoms with E-state index in [2.05, 4.69) is 16.0 Å². The van der Waals surface area contributed by atoms with Crippen molar-refractivity contribution < 1.29 is 0 Å². The van der Waals surface area contributed by atoms with Gasteiger partial charge >= 0.3 is 0 Å². The van der Waals surface area contributed by atoms with E-state index >= 15 is 0 Å². The van der Waals surface area contributed by atoms with Crippen LogP contribution < -0.4 is 5.73 Å². The highest BCUT2D eigenvalue weighted by Gasteiger charge is 2.40. The normalized spacial score (nSPS) is 18.4. The Balaban J connectivity index is 2.20. The SMILES string of the molecule is NC1(c2cnc3cnccc3c2)CC1. The Morgan fingerprint density at radius 2 is 2.14 bits per heavy atom. The minimum Gasteiger partial charge on any atom is -0.321 e. The van der Waals surface area contributed by atoms with Crippen LogP contribution in [-0.2, 0) is 5.54 Å². The lowest BCUT2D eigenvalue weighted by Gasteiger charge is -2.08. The van der Waals surface area contributed by atoms with Gasteiger partial charge in [0.15, 0.2) is 0 Å². The molecule has 3 nitrogen and oxygen atoms in total. The van der Waals surface area contributed by atoms with E-state index < -0.39 is 0 Å². The van der Waals surface area contributed by atoms with Crippen LogP contribution in [0, 0.1) is 0 Å². The molecule has 14 heavy (non-hydrogen) atoms. The fraction of sp³-hybridized carbons (Fsp3) is 0.273. The summed E-state index contributed by atoms with van der Waals surface area (Å²) in [6, 6.07) is 4.09. The Labute approximate surface area is 82.0 Å². The first-order valence-corrected chi connectivity index (χ1v) is 4.77. The average Bonchev–Trinajstić information content (AvgIpc) is 2.97. The highest BCUT2D eigenvalue weighted by atomic mass is 14.8. The van der Waals surface area contributed by atoms with Crippen molar-refractivity contribution >= 4 is 10.9 Å². The molecule has 1 aliphatic rings. The van der Waals surface area contributed by atoms with Gasteiger partial charge in [0, 0.05) is 23.3 Å². The van der Waals surface area contributed by atoms with Crippen LogP contribution in [0.2, 0.25) is 0 Å². The third-order valence-electron chi connectivity index (χ3n) is 2.85. The van der Waals surface area contributed by atoms with Crippen molar-refractivity contribution in [3.63, 3.8) is 0 Å². The lowest BCUT2D eigenvalue weighted by Crippen LogP contribution is -2.18. The Morgan fingerprint density at radius 3 is 2.93 bits per heavy atom. The second-order valence-corrected chi connectivity index (χ2v) is 3.95. The second kappa shape index (κ2) is 2.51. The number of aromatic nitrogens is 2. The minimum absolute atomic E-state index is 0.0928. The number of fused-ring (bicyclic) bond motifs is 1. The summed E-state index contributed by atoms with van der Waals surface area (Å²) in [5, 5.41) is 1.12. The molecule has 1 aliphatic carbocycles. The molecule has 70 valence electrons. The van der Waals surface area contributed by atoms with Gasteiger partial charge in [-0.05, 0) is 30.5 Å². The molecule has 3 rings (SSSR count). The van der Waals surface area contributed by atoms with Crippen LogP contribution in [-0.4, -0.2) is 9.97 Å². The molecule has 2 aromatic heterocycles. The molecule has 0 atom stereocenters. The van der Waals surface area contributed by atoms with Crippen molar-refractivity contribution in [3.8, 4) is 0 Å². The van der Waals surface area contributed by atoms with E-state index in [9.17, 15) is 0 Å². The quantitative estimate of drug-likeness (QED) is 0.733. The van der Waals surface area contributed by atoms with E-state index in [1.54, 1.807) is 12.4 Å². The predicted octanol–water partition coefficient (Wildman–Crippen LogP) is 1.58. The summed E-state index contributed by atoms with van der Waals surface area (Å²) in [6.45, 7) is 0. The minimum atomic E-state index is -0.0928. The van der Waals surface area contributed by atoms with Crippen LogP contribution in [0.25, 0.3) is 10.9 Å². The summed E-state index contributed by atoms with van der Waals surface area (Å²) in [7, 11) is 0. The Morgan fingerprint density at radius 1 is 1.29 bits per heavy atom. The van der Waals surface area contributed by atoms with Gasteiger partial charge < -0.3 is 5.73 Å². The zero-order chi connectivity index (χ0) is 9.60. The lowest BCUT2D eigenvalue weighted by molar-refractivity contribution is 0.737. The molecular formula is C11H11N3. The smallest absolute Gasteiger partial charge is 0.0885 e. The van der Waals surface area contributed by atoms with Crippen molar-refractivity contribution in [2.45, 2.75) is 18.4 Å². The Kier molecular flexibility index (Phi) is 1.42. The molecule has 0 saturated heterocycles. The molecule has 0 unspecified atom stereocenters. The number of pyridine rings is 2. The molecule has 0 radical (unpaired) electrons. The first kappa shape index (κ1) is 7.88. The van der Waals surface area contributed by atoms with E-state index in [-0.39, 0.29) is 5.54 Å².